The highest BCUT2D eigenvalue weighted by molar-refractivity contribution is 6.09. The van der Waals surface area contributed by atoms with Crippen LogP contribution in [0.2, 0.25) is 0 Å². The number of carbonyl (C=O) groups is 1. The normalized spacial score (nSPS) is 10.3. The Morgan fingerprint density at radius 3 is 2.40 bits per heavy atom. The summed E-state index contributed by atoms with van der Waals surface area (Å²) in [5.41, 5.74) is 3.99. The quantitative estimate of drug-likeness (QED) is 0.480. The maximum absolute atomic E-state index is 12.9. The summed E-state index contributed by atoms with van der Waals surface area (Å²) in [6.45, 7) is 1.89. The van der Waals surface area contributed by atoms with Gasteiger partial charge >= 0.3 is 0 Å². The number of aromatic nitrogens is 2. The van der Waals surface area contributed by atoms with Gasteiger partial charge in [0.1, 0.15) is 5.75 Å². The van der Waals surface area contributed by atoms with Crippen molar-refractivity contribution in [3.8, 4) is 28.8 Å². The fourth-order valence-electron chi connectivity index (χ4n) is 3.10. The SMILES string of the molecule is Cc1cc(Oc2ccc(NC(=O)c3ccccc3-c3ccccc3C#N)cc2)n[nH]1. The van der Waals surface area contributed by atoms with Crippen molar-refractivity contribution in [3.63, 3.8) is 0 Å². The van der Waals surface area contributed by atoms with Crippen molar-refractivity contribution >= 4 is 11.6 Å². The minimum absolute atomic E-state index is 0.255. The van der Waals surface area contributed by atoms with Crippen molar-refractivity contribution in [2.24, 2.45) is 0 Å². The molecule has 1 aromatic heterocycles. The lowest BCUT2D eigenvalue weighted by atomic mass is 9.95. The Labute approximate surface area is 173 Å². The van der Waals surface area contributed by atoms with E-state index in [0.29, 0.717) is 34.0 Å². The molecule has 3 aromatic carbocycles. The predicted molar refractivity (Wildman–Crippen MR) is 114 cm³/mol. The summed E-state index contributed by atoms with van der Waals surface area (Å²) in [7, 11) is 0. The Bertz CT molecular complexity index is 1240. The molecule has 6 nitrogen and oxygen atoms in total. The first-order chi connectivity index (χ1) is 14.6. The highest BCUT2D eigenvalue weighted by Gasteiger charge is 2.15. The van der Waals surface area contributed by atoms with E-state index in [-0.39, 0.29) is 5.91 Å². The zero-order valence-corrected chi connectivity index (χ0v) is 16.2. The molecule has 4 rings (SSSR count). The van der Waals surface area contributed by atoms with E-state index in [1.807, 2.05) is 31.2 Å². The van der Waals surface area contributed by atoms with E-state index in [4.69, 9.17) is 4.74 Å². The summed E-state index contributed by atoms with van der Waals surface area (Å²) in [5, 5.41) is 19.2. The number of hydrogen-bond donors (Lipinski definition) is 2. The third kappa shape index (κ3) is 4.05. The van der Waals surface area contributed by atoms with Crippen molar-refractivity contribution in [3.05, 3.63) is 95.7 Å². The fourth-order valence-corrected chi connectivity index (χ4v) is 3.10. The minimum Gasteiger partial charge on any atom is -0.438 e. The average molecular weight is 394 g/mol. The molecule has 0 aliphatic heterocycles. The van der Waals surface area contributed by atoms with E-state index in [2.05, 4.69) is 21.6 Å². The smallest absolute Gasteiger partial charge is 0.256 e. The van der Waals surface area contributed by atoms with Crippen LogP contribution in [-0.2, 0) is 0 Å². The Morgan fingerprint density at radius 2 is 1.70 bits per heavy atom. The molecule has 0 atom stereocenters. The van der Waals surface area contributed by atoms with Gasteiger partial charge in [0.2, 0.25) is 5.88 Å². The van der Waals surface area contributed by atoms with Crippen molar-refractivity contribution in [1.29, 1.82) is 5.26 Å². The van der Waals surface area contributed by atoms with Crippen molar-refractivity contribution < 1.29 is 9.53 Å². The number of rotatable bonds is 5. The van der Waals surface area contributed by atoms with Crippen LogP contribution in [0.3, 0.4) is 0 Å². The lowest BCUT2D eigenvalue weighted by Gasteiger charge is -2.12. The number of nitrogens with one attached hydrogen (secondary N) is 2. The second kappa shape index (κ2) is 8.33. The zero-order valence-electron chi connectivity index (χ0n) is 16.2. The van der Waals surface area contributed by atoms with Gasteiger partial charge in [0.05, 0.1) is 11.6 Å². The van der Waals surface area contributed by atoms with E-state index in [0.717, 1.165) is 11.3 Å². The maximum atomic E-state index is 12.9. The summed E-state index contributed by atoms with van der Waals surface area (Å²) >= 11 is 0. The van der Waals surface area contributed by atoms with Gasteiger partial charge in [0.15, 0.2) is 0 Å². The van der Waals surface area contributed by atoms with Crippen molar-refractivity contribution in [1.82, 2.24) is 10.2 Å². The number of ether oxygens (including phenoxy) is 1. The number of carbonyl (C=O) groups excluding carboxylic acids is 1. The molecule has 0 saturated carbocycles. The third-order valence-electron chi connectivity index (χ3n) is 4.53. The lowest BCUT2D eigenvalue weighted by molar-refractivity contribution is 0.102. The first-order valence-electron chi connectivity index (χ1n) is 9.34. The highest BCUT2D eigenvalue weighted by atomic mass is 16.5. The molecule has 30 heavy (non-hydrogen) atoms. The van der Waals surface area contributed by atoms with Crippen LogP contribution >= 0.6 is 0 Å². The third-order valence-corrected chi connectivity index (χ3v) is 4.53. The maximum Gasteiger partial charge on any atom is 0.256 e. The first kappa shape index (κ1) is 19.0. The number of anilines is 1. The summed E-state index contributed by atoms with van der Waals surface area (Å²) in [4.78, 5) is 12.9. The number of aryl methyl sites for hydroxylation is 1. The molecule has 1 heterocycles. The summed E-state index contributed by atoms with van der Waals surface area (Å²) in [5.74, 6) is 0.840. The van der Waals surface area contributed by atoms with Gasteiger partial charge in [-0.15, -0.1) is 5.10 Å². The van der Waals surface area contributed by atoms with Crippen LogP contribution in [0.4, 0.5) is 5.69 Å². The number of amides is 1. The van der Waals surface area contributed by atoms with E-state index < -0.39 is 0 Å². The average Bonchev–Trinajstić information content (AvgIpc) is 3.19. The second-order valence-corrected chi connectivity index (χ2v) is 6.67. The van der Waals surface area contributed by atoms with Crippen LogP contribution in [-0.4, -0.2) is 16.1 Å². The van der Waals surface area contributed by atoms with Gasteiger partial charge in [-0.25, -0.2) is 0 Å². The van der Waals surface area contributed by atoms with Crippen LogP contribution in [0.1, 0.15) is 21.6 Å². The van der Waals surface area contributed by atoms with Gasteiger partial charge < -0.3 is 10.1 Å². The molecule has 0 aliphatic carbocycles. The van der Waals surface area contributed by atoms with Crippen LogP contribution in [0.15, 0.2) is 78.9 Å². The molecule has 1 amide bonds. The largest absolute Gasteiger partial charge is 0.438 e. The minimum atomic E-state index is -0.255. The van der Waals surface area contributed by atoms with Gasteiger partial charge in [-0.3, -0.25) is 9.89 Å². The summed E-state index contributed by atoms with van der Waals surface area (Å²) in [6, 6.07) is 25.5. The first-order valence-corrected chi connectivity index (χ1v) is 9.34. The standard InChI is InChI=1S/C24H18N4O2/c1-16-14-23(28-27-16)30-19-12-10-18(11-13-19)26-24(29)22-9-5-4-8-21(22)20-7-3-2-6-17(20)15-25/h2-14H,1H3,(H,26,29)(H,27,28). The van der Waals surface area contributed by atoms with Crippen LogP contribution in [0.25, 0.3) is 11.1 Å². The molecule has 0 fully saturated rings. The topological polar surface area (TPSA) is 90.8 Å². The number of aromatic amines is 1. The number of nitriles is 1. The molecule has 0 radical (unpaired) electrons. The van der Waals surface area contributed by atoms with Crippen LogP contribution in [0.5, 0.6) is 11.6 Å². The van der Waals surface area contributed by atoms with Gasteiger partial charge in [0.25, 0.3) is 5.91 Å². The molecule has 0 saturated heterocycles. The van der Waals surface area contributed by atoms with E-state index in [9.17, 15) is 10.1 Å². The molecule has 0 bridgehead atoms. The van der Waals surface area contributed by atoms with Crippen molar-refractivity contribution in [2.45, 2.75) is 6.92 Å². The number of H-pyrrole nitrogens is 1. The molecule has 146 valence electrons. The lowest BCUT2D eigenvalue weighted by Crippen LogP contribution is -2.13. The Kier molecular flexibility index (Phi) is 5.27. The Morgan fingerprint density at radius 1 is 1.00 bits per heavy atom. The molecule has 4 aromatic rings. The van der Waals surface area contributed by atoms with Crippen LogP contribution < -0.4 is 10.1 Å². The number of nitrogens with zero attached hydrogens (tertiary/aromatic N) is 2. The zero-order chi connectivity index (χ0) is 20.9. The summed E-state index contributed by atoms with van der Waals surface area (Å²) < 4.78 is 5.66. The molecular formula is C24H18N4O2. The molecule has 6 heteroatoms. The van der Waals surface area contributed by atoms with Gasteiger partial charge in [0, 0.05) is 28.6 Å². The van der Waals surface area contributed by atoms with E-state index in [1.54, 1.807) is 54.6 Å². The number of hydrogen-bond acceptors (Lipinski definition) is 4. The van der Waals surface area contributed by atoms with E-state index >= 15 is 0 Å². The predicted octanol–water partition coefficient (Wildman–Crippen LogP) is 5.30. The van der Waals surface area contributed by atoms with Gasteiger partial charge in [-0.2, -0.15) is 5.26 Å². The highest BCUT2D eigenvalue weighted by Crippen LogP contribution is 2.28. The monoisotopic (exact) mass is 394 g/mol. The molecule has 0 spiro atoms. The number of benzene rings is 3. The summed E-state index contributed by atoms with van der Waals surface area (Å²) in [6.07, 6.45) is 0. The molecule has 2 N–H and O–H groups in total. The molecule has 0 unspecified atom stereocenters. The van der Waals surface area contributed by atoms with Gasteiger partial charge in [-0.05, 0) is 48.9 Å². The van der Waals surface area contributed by atoms with E-state index in [1.165, 1.54) is 0 Å². The second-order valence-electron chi connectivity index (χ2n) is 6.67. The molecule has 0 aliphatic rings. The Hall–Kier alpha value is -4.37. The Balaban J connectivity index is 1.54. The fraction of sp³-hybridized carbons (Fsp3) is 0.0417. The molecular weight excluding hydrogens is 376 g/mol. The van der Waals surface area contributed by atoms with Gasteiger partial charge in [-0.1, -0.05) is 36.4 Å². The van der Waals surface area contributed by atoms with Crippen LogP contribution in [0, 0.1) is 18.3 Å². The van der Waals surface area contributed by atoms with Crippen molar-refractivity contribution in [2.75, 3.05) is 5.32 Å².